The van der Waals surface area contributed by atoms with Gasteiger partial charge in [-0.25, -0.2) is 0 Å². The van der Waals surface area contributed by atoms with Gasteiger partial charge in [0, 0.05) is 32.0 Å². The minimum atomic E-state index is -0.425. The quantitative estimate of drug-likeness (QED) is 0.863. The lowest BCUT2D eigenvalue weighted by Gasteiger charge is -2.37. The van der Waals surface area contributed by atoms with E-state index in [1.165, 1.54) is 0 Å². The lowest BCUT2D eigenvalue weighted by atomic mass is 9.80. The van der Waals surface area contributed by atoms with Crippen LogP contribution in [-0.4, -0.2) is 49.1 Å². The second kappa shape index (κ2) is 7.37. The molecular formula is C20H27N3O3. The Bertz CT molecular complexity index is 679. The standard InChI is InChI=1S/C20H27N3O3/c21-18(14-7-11-26-12-8-14)20(25)23-9-5-13(6-10-23)17-15-3-1-2-4-16(15)22-19(17)24/h1-4,13-14,17-18H,5-12,21H2,(H,22,24). The van der Waals surface area contributed by atoms with Crippen LogP contribution in [0.1, 0.15) is 37.2 Å². The first-order chi connectivity index (χ1) is 12.6. The number of nitrogens with one attached hydrogen (secondary N) is 1. The molecule has 3 aliphatic heterocycles. The maximum absolute atomic E-state index is 12.8. The normalized spacial score (nSPS) is 25.7. The van der Waals surface area contributed by atoms with Gasteiger partial charge >= 0.3 is 0 Å². The third-order valence-corrected chi connectivity index (χ3v) is 6.22. The van der Waals surface area contributed by atoms with Crippen LogP contribution in [0.5, 0.6) is 0 Å². The van der Waals surface area contributed by atoms with Gasteiger partial charge in [0.05, 0.1) is 12.0 Å². The SMILES string of the molecule is NC(C(=O)N1CCC(C2C(=O)Nc3ccccc32)CC1)C1CCOCC1. The molecule has 0 radical (unpaired) electrons. The minimum Gasteiger partial charge on any atom is -0.381 e. The van der Waals surface area contributed by atoms with Gasteiger partial charge in [-0.1, -0.05) is 18.2 Å². The average molecular weight is 357 g/mol. The summed E-state index contributed by atoms with van der Waals surface area (Å²) in [5.41, 5.74) is 8.29. The molecule has 0 spiro atoms. The molecule has 6 nitrogen and oxygen atoms in total. The Balaban J connectivity index is 1.37. The van der Waals surface area contributed by atoms with Gasteiger partial charge in [-0.15, -0.1) is 0 Å². The number of ether oxygens (including phenoxy) is 1. The number of para-hydroxylation sites is 1. The van der Waals surface area contributed by atoms with Crippen molar-refractivity contribution in [3.8, 4) is 0 Å². The van der Waals surface area contributed by atoms with E-state index in [-0.39, 0.29) is 29.6 Å². The van der Waals surface area contributed by atoms with Gasteiger partial charge in [0.25, 0.3) is 0 Å². The first kappa shape index (κ1) is 17.5. The highest BCUT2D eigenvalue weighted by Gasteiger charge is 2.39. The van der Waals surface area contributed by atoms with E-state index in [1.807, 2.05) is 29.2 Å². The third-order valence-electron chi connectivity index (χ3n) is 6.22. The maximum atomic E-state index is 12.8. The van der Waals surface area contributed by atoms with Crippen LogP contribution in [0.15, 0.2) is 24.3 Å². The Kier molecular flexibility index (Phi) is 4.96. The van der Waals surface area contributed by atoms with Crippen molar-refractivity contribution >= 4 is 17.5 Å². The Morgan fingerprint density at radius 1 is 1.15 bits per heavy atom. The molecule has 1 aromatic rings. The topological polar surface area (TPSA) is 84.7 Å². The van der Waals surface area contributed by atoms with Crippen LogP contribution >= 0.6 is 0 Å². The maximum Gasteiger partial charge on any atom is 0.239 e. The van der Waals surface area contributed by atoms with E-state index in [2.05, 4.69) is 5.32 Å². The van der Waals surface area contributed by atoms with E-state index in [9.17, 15) is 9.59 Å². The molecular weight excluding hydrogens is 330 g/mol. The van der Waals surface area contributed by atoms with Gasteiger partial charge in [-0.05, 0) is 49.1 Å². The highest BCUT2D eigenvalue weighted by atomic mass is 16.5. The molecule has 2 fully saturated rings. The minimum absolute atomic E-state index is 0.0617. The van der Waals surface area contributed by atoms with E-state index < -0.39 is 6.04 Å². The van der Waals surface area contributed by atoms with Crippen molar-refractivity contribution < 1.29 is 14.3 Å². The summed E-state index contributed by atoms with van der Waals surface area (Å²) in [5, 5.41) is 2.99. The number of nitrogens with two attached hydrogens (primary N) is 1. The van der Waals surface area contributed by atoms with E-state index in [1.54, 1.807) is 0 Å². The van der Waals surface area contributed by atoms with Gasteiger partial charge in [0.1, 0.15) is 0 Å². The van der Waals surface area contributed by atoms with Crippen LogP contribution in [0.3, 0.4) is 0 Å². The molecule has 0 aliphatic carbocycles. The molecule has 3 N–H and O–H groups in total. The molecule has 2 atom stereocenters. The predicted octanol–water partition coefficient (Wildman–Crippen LogP) is 1.71. The molecule has 140 valence electrons. The van der Waals surface area contributed by atoms with E-state index in [0.717, 1.165) is 36.9 Å². The molecule has 2 unspecified atom stereocenters. The monoisotopic (exact) mass is 357 g/mol. The lowest BCUT2D eigenvalue weighted by Crippen LogP contribution is -2.51. The molecule has 2 saturated heterocycles. The zero-order valence-corrected chi connectivity index (χ0v) is 15.0. The van der Waals surface area contributed by atoms with Crippen LogP contribution in [0.4, 0.5) is 5.69 Å². The number of likely N-dealkylation sites (tertiary alicyclic amines) is 1. The number of benzene rings is 1. The van der Waals surface area contributed by atoms with Crippen molar-refractivity contribution in [3.63, 3.8) is 0 Å². The second-order valence-electron chi connectivity index (χ2n) is 7.69. The Morgan fingerprint density at radius 3 is 2.58 bits per heavy atom. The Labute approximate surface area is 154 Å². The van der Waals surface area contributed by atoms with Gasteiger partial charge < -0.3 is 20.7 Å². The zero-order chi connectivity index (χ0) is 18.1. The fraction of sp³-hybridized carbons (Fsp3) is 0.600. The first-order valence-corrected chi connectivity index (χ1v) is 9.67. The van der Waals surface area contributed by atoms with Crippen molar-refractivity contribution in [2.75, 3.05) is 31.6 Å². The Morgan fingerprint density at radius 2 is 1.85 bits per heavy atom. The largest absolute Gasteiger partial charge is 0.381 e. The summed E-state index contributed by atoms with van der Waals surface area (Å²) in [5.74, 6) is 0.567. The molecule has 6 heteroatoms. The summed E-state index contributed by atoms with van der Waals surface area (Å²) >= 11 is 0. The molecule has 0 aromatic heterocycles. The smallest absolute Gasteiger partial charge is 0.239 e. The van der Waals surface area contributed by atoms with Crippen LogP contribution in [0.25, 0.3) is 0 Å². The average Bonchev–Trinajstić information content (AvgIpc) is 3.03. The summed E-state index contributed by atoms with van der Waals surface area (Å²) in [6, 6.07) is 7.50. The fourth-order valence-electron chi connectivity index (χ4n) is 4.64. The number of nitrogens with zero attached hydrogens (tertiary/aromatic N) is 1. The fourth-order valence-corrected chi connectivity index (χ4v) is 4.64. The first-order valence-electron chi connectivity index (χ1n) is 9.67. The van der Waals surface area contributed by atoms with Gasteiger partial charge in [0.2, 0.25) is 11.8 Å². The van der Waals surface area contributed by atoms with Crippen molar-refractivity contribution in [1.29, 1.82) is 0 Å². The molecule has 4 rings (SSSR count). The number of amides is 2. The van der Waals surface area contributed by atoms with E-state index in [0.29, 0.717) is 26.3 Å². The number of fused-ring (bicyclic) bond motifs is 1. The second-order valence-corrected chi connectivity index (χ2v) is 7.69. The summed E-state index contributed by atoms with van der Waals surface area (Å²) in [6.07, 6.45) is 3.42. The molecule has 26 heavy (non-hydrogen) atoms. The molecule has 3 aliphatic rings. The van der Waals surface area contributed by atoms with Gasteiger partial charge in [-0.3, -0.25) is 9.59 Å². The number of carbonyl (C=O) groups excluding carboxylic acids is 2. The number of carbonyl (C=O) groups is 2. The van der Waals surface area contributed by atoms with Gasteiger partial charge in [0.15, 0.2) is 0 Å². The van der Waals surface area contributed by atoms with Crippen molar-refractivity contribution in [3.05, 3.63) is 29.8 Å². The van der Waals surface area contributed by atoms with Crippen molar-refractivity contribution in [1.82, 2.24) is 4.90 Å². The molecule has 3 heterocycles. The molecule has 0 saturated carbocycles. The molecule has 1 aromatic carbocycles. The molecule has 0 bridgehead atoms. The predicted molar refractivity (Wildman–Crippen MR) is 98.6 cm³/mol. The van der Waals surface area contributed by atoms with Crippen LogP contribution < -0.4 is 11.1 Å². The highest BCUT2D eigenvalue weighted by molar-refractivity contribution is 6.03. The number of rotatable bonds is 3. The highest BCUT2D eigenvalue weighted by Crippen LogP contribution is 2.41. The van der Waals surface area contributed by atoms with Crippen molar-refractivity contribution in [2.24, 2.45) is 17.6 Å². The molecule has 2 amide bonds. The Hall–Kier alpha value is -1.92. The summed E-state index contributed by atoms with van der Waals surface area (Å²) < 4.78 is 5.37. The van der Waals surface area contributed by atoms with Crippen LogP contribution in [-0.2, 0) is 14.3 Å². The van der Waals surface area contributed by atoms with E-state index in [4.69, 9.17) is 10.5 Å². The zero-order valence-electron chi connectivity index (χ0n) is 15.0. The summed E-state index contributed by atoms with van der Waals surface area (Å²) in [4.78, 5) is 27.1. The summed E-state index contributed by atoms with van der Waals surface area (Å²) in [7, 11) is 0. The van der Waals surface area contributed by atoms with E-state index >= 15 is 0 Å². The number of piperidine rings is 1. The van der Waals surface area contributed by atoms with Crippen molar-refractivity contribution in [2.45, 2.75) is 37.6 Å². The third kappa shape index (κ3) is 3.23. The lowest BCUT2D eigenvalue weighted by molar-refractivity contribution is -0.136. The summed E-state index contributed by atoms with van der Waals surface area (Å²) in [6.45, 7) is 2.77. The van der Waals surface area contributed by atoms with Crippen LogP contribution in [0.2, 0.25) is 0 Å². The number of hydrogen-bond acceptors (Lipinski definition) is 4. The van der Waals surface area contributed by atoms with Gasteiger partial charge in [-0.2, -0.15) is 0 Å². The van der Waals surface area contributed by atoms with Crippen LogP contribution in [0, 0.1) is 11.8 Å². The number of anilines is 1. The number of hydrogen-bond donors (Lipinski definition) is 2.